The summed E-state index contributed by atoms with van der Waals surface area (Å²) in [6, 6.07) is 14.2. The number of rotatable bonds is 5. The van der Waals surface area contributed by atoms with E-state index in [2.05, 4.69) is 53.2 Å². The maximum atomic E-state index is 13.6. The molecule has 2 rings (SSSR count). The zero-order valence-electron chi connectivity index (χ0n) is 16.6. The summed E-state index contributed by atoms with van der Waals surface area (Å²) in [4.78, 5) is 0. The topological polar surface area (TPSA) is 9.23 Å². The highest BCUT2D eigenvalue weighted by Crippen LogP contribution is 2.40. The lowest BCUT2D eigenvalue weighted by molar-refractivity contribution is 0.522. The minimum atomic E-state index is -1.83. The summed E-state index contributed by atoms with van der Waals surface area (Å²) in [5.74, 6) is 0.416. The first kappa shape index (κ1) is 20.3. The molecule has 0 amide bonds. The summed E-state index contributed by atoms with van der Waals surface area (Å²) in [5.41, 5.74) is 6.87. The average molecular weight is 369 g/mol. The van der Waals surface area contributed by atoms with Crippen molar-refractivity contribution in [1.82, 2.24) is 0 Å². The van der Waals surface area contributed by atoms with Crippen molar-refractivity contribution in [2.24, 2.45) is 0 Å². The number of hydrogen-bond donors (Lipinski definition) is 0. The van der Waals surface area contributed by atoms with Gasteiger partial charge in [0.25, 0.3) is 0 Å². The number of halogens is 1. The van der Waals surface area contributed by atoms with Gasteiger partial charge in [-0.05, 0) is 40.4 Å². The van der Waals surface area contributed by atoms with Crippen LogP contribution in [0.4, 0.5) is 4.39 Å². The van der Waals surface area contributed by atoms with Gasteiger partial charge in [-0.3, -0.25) is 0 Å². The Bertz CT molecular complexity index is 777. The minimum absolute atomic E-state index is 0.255. The molecule has 0 atom stereocenters. The molecule has 1 nitrogen and oxygen atoms in total. The van der Waals surface area contributed by atoms with Gasteiger partial charge in [0, 0.05) is 5.56 Å². The fraction of sp³-hybridized carbons (Fsp3) is 0.391. The predicted molar refractivity (Wildman–Crippen MR) is 111 cm³/mol. The van der Waals surface area contributed by atoms with E-state index >= 15 is 0 Å². The van der Waals surface area contributed by atoms with Crippen molar-refractivity contribution < 1.29 is 9.13 Å². The van der Waals surface area contributed by atoms with Crippen LogP contribution in [0.5, 0.6) is 5.75 Å². The molecule has 3 heteroatoms. The molecule has 0 saturated carbocycles. The predicted octanol–water partition coefficient (Wildman–Crippen LogP) is 7.05. The van der Waals surface area contributed by atoms with E-state index in [9.17, 15) is 4.39 Å². The monoisotopic (exact) mass is 368 g/mol. The van der Waals surface area contributed by atoms with Gasteiger partial charge in [-0.2, -0.15) is 0 Å². The van der Waals surface area contributed by atoms with E-state index < -0.39 is 8.07 Å². The summed E-state index contributed by atoms with van der Waals surface area (Å²) < 4.78 is 19.5. The lowest BCUT2D eigenvalue weighted by atomic mass is 10.0. The molecular formula is C23H29FOSi. The standard InChI is InChI=1S/C23H29FOSi/c1-17(2)26(18(3)4,19(5)6)15-14-25-23-13-8-7-12-22(23)20-10-9-11-21(24)16-20/h7-13,16-19H,1-6H3. The third-order valence-electron chi connectivity index (χ3n) is 5.32. The van der Waals surface area contributed by atoms with Crippen LogP contribution in [0, 0.1) is 17.5 Å². The van der Waals surface area contributed by atoms with E-state index in [1.54, 1.807) is 6.07 Å². The van der Waals surface area contributed by atoms with Crippen LogP contribution in [0.1, 0.15) is 41.5 Å². The molecule has 0 aliphatic carbocycles. The Morgan fingerprint density at radius 2 is 1.46 bits per heavy atom. The van der Waals surface area contributed by atoms with Gasteiger partial charge >= 0.3 is 0 Å². The Morgan fingerprint density at radius 1 is 0.846 bits per heavy atom. The molecule has 0 radical (unpaired) electrons. The van der Waals surface area contributed by atoms with Crippen molar-refractivity contribution in [3.63, 3.8) is 0 Å². The van der Waals surface area contributed by atoms with Gasteiger partial charge in [-0.1, -0.05) is 77.4 Å². The molecule has 0 unspecified atom stereocenters. The molecule has 0 aliphatic rings. The molecule has 0 aromatic heterocycles. The molecule has 0 aliphatic heterocycles. The fourth-order valence-corrected chi connectivity index (χ4v) is 9.15. The smallest absolute Gasteiger partial charge is 0.150 e. The maximum absolute atomic E-state index is 13.6. The van der Waals surface area contributed by atoms with Gasteiger partial charge in [-0.15, -0.1) is 0 Å². The zero-order valence-corrected chi connectivity index (χ0v) is 17.6. The normalized spacial score (nSPS) is 11.6. The maximum Gasteiger partial charge on any atom is 0.150 e. The van der Waals surface area contributed by atoms with E-state index in [4.69, 9.17) is 4.74 Å². The van der Waals surface area contributed by atoms with Crippen LogP contribution < -0.4 is 4.74 Å². The molecule has 0 bridgehead atoms. The molecule has 0 heterocycles. The third kappa shape index (κ3) is 4.19. The number of hydrogen-bond acceptors (Lipinski definition) is 1. The molecule has 0 N–H and O–H groups in total. The second kappa shape index (κ2) is 8.55. The van der Waals surface area contributed by atoms with Crippen molar-refractivity contribution >= 4 is 8.07 Å². The van der Waals surface area contributed by atoms with Crippen molar-refractivity contribution in [1.29, 1.82) is 0 Å². The van der Waals surface area contributed by atoms with E-state index in [0.29, 0.717) is 22.4 Å². The van der Waals surface area contributed by atoms with Crippen LogP contribution in [0.25, 0.3) is 11.1 Å². The molecule has 2 aromatic carbocycles. The van der Waals surface area contributed by atoms with Gasteiger partial charge in [-0.25, -0.2) is 4.39 Å². The number of para-hydroxylation sites is 1. The zero-order chi connectivity index (χ0) is 19.3. The largest absolute Gasteiger partial charge is 0.408 e. The Kier molecular flexibility index (Phi) is 6.67. The summed E-state index contributed by atoms with van der Waals surface area (Å²) in [6.07, 6.45) is 3.03. The molecular weight excluding hydrogens is 339 g/mol. The first-order valence-electron chi connectivity index (χ1n) is 9.33. The van der Waals surface area contributed by atoms with Crippen molar-refractivity contribution in [2.45, 2.75) is 58.2 Å². The minimum Gasteiger partial charge on any atom is -0.408 e. The Hall–Kier alpha value is -2.05. The lowest BCUT2D eigenvalue weighted by Gasteiger charge is -2.37. The Morgan fingerprint density at radius 3 is 2.04 bits per heavy atom. The van der Waals surface area contributed by atoms with Crippen LogP contribution in [-0.4, -0.2) is 8.07 Å². The van der Waals surface area contributed by atoms with Crippen LogP contribution in [-0.2, 0) is 0 Å². The lowest BCUT2D eigenvalue weighted by Crippen LogP contribution is -2.43. The first-order chi connectivity index (χ1) is 12.3. The molecule has 2 aromatic rings. The summed E-state index contributed by atoms with van der Waals surface area (Å²) in [7, 11) is -1.83. The van der Waals surface area contributed by atoms with E-state index in [-0.39, 0.29) is 5.82 Å². The SMILES string of the molecule is CC(C)[Si](C#COc1ccccc1-c1cccc(F)c1)(C(C)C)C(C)C. The number of ether oxygens (including phenoxy) is 1. The second-order valence-electron chi connectivity index (χ2n) is 7.73. The highest BCUT2D eigenvalue weighted by atomic mass is 28.3. The first-order valence-corrected chi connectivity index (χ1v) is 11.6. The van der Waals surface area contributed by atoms with Gasteiger partial charge in [0.1, 0.15) is 17.7 Å². The highest BCUT2D eigenvalue weighted by molar-refractivity contribution is 6.90. The van der Waals surface area contributed by atoms with E-state index in [0.717, 1.165) is 11.1 Å². The van der Waals surface area contributed by atoms with E-state index in [1.165, 1.54) is 12.1 Å². The van der Waals surface area contributed by atoms with Crippen molar-refractivity contribution in [3.05, 3.63) is 54.3 Å². The molecule has 0 spiro atoms. The van der Waals surface area contributed by atoms with Gasteiger partial charge in [0.05, 0.1) is 0 Å². The van der Waals surface area contributed by atoms with Crippen LogP contribution >= 0.6 is 0 Å². The fourth-order valence-electron chi connectivity index (χ4n) is 4.05. The molecule has 0 fully saturated rings. The quantitative estimate of drug-likeness (QED) is 0.406. The Labute approximate surface area is 158 Å². The average Bonchev–Trinajstić information content (AvgIpc) is 2.58. The van der Waals surface area contributed by atoms with Gasteiger partial charge in [0.2, 0.25) is 0 Å². The summed E-state index contributed by atoms with van der Waals surface area (Å²) in [5, 5.41) is 0. The van der Waals surface area contributed by atoms with Gasteiger partial charge < -0.3 is 4.74 Å². The Balaban J connectivity index is 2.38. The van der Waals surface area contributed by atoms with Crippen LogP contribution in [0.15, 0.2) is 48.5 Å². The molecule has 0 saturated heterocycles. The van der Waals surface area contributed by atoms with Crippen molar-refractivity contribution in [3.8, 4) is 28.5 Å². The van der Waals surface area contributed by atoms with Crippen molar-refractivity contribution in [2.75, 3.05) is 0 Å². The second-order valence-corrected chi connectivity index (χ2v) is 13.3. The van der Waals surface area contributed by atoms with E-state index in [1.807, 2.05) is 30.3 Å². The van der Waals surface area contributed by atoms with Crippen LogP contribution in [0.2, 0.25) is 16.6 Å². The number of benzene rings is 2. The molecule has 138 valence electrons. The summed E-state index contributed by atoms with van der Waals surface area (Å²) in [6.45, 7) is 13.7. The summed E-state index contributed by atoms with van der Waals surface area (Å²) >= 11 is 0. The highest BCUT2D eigenvalue weighted by Gasteiger charge is 2.42. The molecule has 26 heavy (non-hydrogen) atoms. The van der Waals surface area contributed by atoms with Crippen LogP contribution in [0.3, 0.4) is 0 Å². The van der Waals surface area contributed by atoms with Gasteiger partial charge in [0.15, 0.2) is 8.07 Å². The third-order valence-corrected chi connectivity index (χ3v) is 11.6.